The number of carbonyl (C=O) groups is 6. The smallest absolute Gasteiger partial charge is 2.00 e. The molecule has 0 fully saturated rings. The first kappa shape index (κ1) is 130. The number of carboxylic acid groups (broad SMARTS) is 2. The molecule has 0 amide bonds. The van der Waals surface area contributed by atoms with E-state index in [1.807, 2.05) is 0 Å². The maximum atomic E-state index is 11.5. The van der Waals surface area contributed by atoms with Crippen molar-refractivity contribution < 1.29 is 229 Å². The van der Waals surface area contributed by atoms with Gasteiger partial charge in [-0.25, -0.2) is 19.2 Å². The van der Waals surface area contributed by atoms with Crippen molar-refractivity contribution in [1.29, 1.82) is 0 Å². The van der Waals surface area contributed by atoms with Gasteiger partial charge in [0.25, 0.3) is 0 Å². The number of aliphatic hydroxyl groups excluding tert-OH is 2. The molecule has 0 saturated carbocycles. The van der Waals surface area contributed by atoms with Gasteiger partial charge in [0, 0.05) is 125 Å². The Morgan fingerprint density at radius 1 is 0.365 bits per heavy atom. The maximum absolute atomic E-state index is 11.5. The van der Waals surface area contributed by atoms with Gasteiger partial charge in [-0.15, -0.1) is 34.3 Å². The summed E-state index contributed by atoms with van der Waals surface area (Å²) in [5.41, 5.74) is 3.60. The predicted molar refractivity (Wildman–Crippen MR) is 346 cm³/mol. The standard InChI is InChI=1S/4C11H10N2O3.2C2H4O2.4C2H6OS.2CH4O.2CH3O.6Mn.2O/c4*1-16-11(15)9-6-8(12-13-9)7-4-2-3-5-10(7)14;2*1-2(3)4;4*1-4(2)3;4*1-2;;;;;;;;/h4*2-6H,1H3,(H2,12,13,14,15);2*1H3,(H,3,4);4*1-2H3;2*2H,1H3;2*1H3;;;;;;;;/q;;;;;;;;;;;;2*-1;2*+2;4*+3;2*-2/p-10. The molecule has 0 unspecified atom stereocenters. The molecule has 4 aromatic heterocycles. The molecule has 0 bridgehead atoms. The molecule has 0 aliphatic rings. The number of ether oxygens (including phenoxy) is 4. The number of para-hydroxylation sites is 4. The Morgan fingerprint density at radius 3 is 0.731 bits per heavy atom. The van der Waals surface area contributed by atoms with Crippen molar-refractivity contribution in [2.24, 2.45) is 0 Å². The van der Waals surface area contributed by atoms with E-state index in [4.69, 9.17) is 40.2 Å². The number of aliphatic carboxylic acids is 2. The van der Waals surface area contributed by atoms with Crippen LogP contribution in [-0.4, -0.2) is 190 Å². The van der Waals surface area contributed by atoms with Gasteiger partial charge in [-0.3, -0.25) is 16.8 Å². The van der Waals surface area contributed by atoms with Crippen molar-refractivity contribution in [2.45, 2.75) is 13.8 Å². The van der Waals surface area contributed by atoms with Crippen LogP contribution >= 0.6 is 0 Å². The van der Waals surface area contributed by atoms with Gasteiger partial charge in [-0.05, 0) is 66.1 Å². The number of carbonyl (C=O) groups excluding carboxylic acids is 6. The summed E-state index contributed by atoms with van der Waals surface area (Å²) in [6.07, 6.45) is 13.1. The minimum absolute atomic E-state index is 0. The van der Waals surface area contributed by atoms with Crippen LogP contribution in [0.5, 0.6) is 23.0 Å². The van der Waals surface area contributed by atoms with E-state index in [0.717, 1.165) is 42.3 Å². The van der Waals surface area contributed by atoms with E-state index in [1.54, 1.807) is 123 Å². The summed E-state index contributed by atoms with van der Waals surface area (Å²) in [6, 6.07) is 31.5. The van der Waals surface area contributed by atoms with Crippen LogP contribution in [0.25, 0.3) is 45.0 Å². The minimum Gasteiger partial charge on any atom is -2.00 e. The third kappa shape index (κ3) is 65.9. The van der Waals surface area contributed by atoms with E-state index in [1.165, 1.54) is 77.0 Å². The molecule has 8 aromatic rings. The van der Waals surface area contributed by atoms with Gasteiger partial charge in [0.2, 0.25) is 0 Å². The van der Waals surface area contributed by atoms with Crippen molar-refractivity contribution in [3.05, 3.63) is 144 Å². The van der Waals surface area contributed by atoms with Crippen LogP contribution in [-0.2, 0) is 185 Å². The molecular formula is C60H76Mn6N8O26S4. The molecule has 4 heterocycles. The summed E-state index contributed by atoms with van der Waals surface area (Å²) in [5, 5.41) is 124. The fourth-order valence-corrected chi connectivity index (χ4v) is 5.24. The molecule has 0 saturated heterocycles. The van der Waals surface area contributed by atoms with Gasteiger partial charge in [0.1, 0.15) is 17.1 Å². The first-order valence-electron chi connectivity index (χ1n) is 25.8. The summed E-state index contributed by atoms with van der Waals surface area (Å²) in [6.45, 7) is 1.94. The van der Waals surface area contributed by atoms with Crippen LogP contribution in [0.2, 0.25) is 0 Å². The molecule has 34 nitrogen and oxygen atoms in total. The van der Waals surface area contributed by atoms with Crippen molar-refractivity contribution in [3.63, 3.8) is 0 Å². The van der Waals surface area contributed by atoms with Crippen molar-refractivity contribution in [2.75, 3.05) is 107 Å². The zero-order chi connectivity index (χ0) is 75.6. The number of aliphatic hydroxyl groups is 2. The third-order valence-electron chi connectivity index (χ3n) is 8.39. The molecule has 0 aliphatic carbocycles. The molecular weight excluding hydrogens is 1710 g/mol. The Balaban J connectivity index is -0.0000000744. The number of hydrogen-bond donors (Lipinski definition) is 2. The summed E-state index contributed by atoms with van der Waals surface area (Å²) in [7, 11) is 6.10. The Kier molecular flexibility index (Phi) is 102. The van der Waals surface area contributed by atoms with E-state index in [-0.39, 0.29) is 159 Å². The quantitative estimate of drug-likeness (QED) is 0.0853. The Morgan fingerprint density at radius 2 is 0.548 bits per heavy atom. The number of methoxy groups -OCH3 is 4. The zero-order valence-electron chi connectivity index (χ0n) is 58.7. The van der Waals surface area contributed by atoms with Crippen molar-refractivity contribution in [1.82, 2.24) is 40.8 Å². The Hall–Kier alpha value is -6.78. The number of esters is 4. The third-order valence-corrected chi connectivity index (χ3v) is 8.39. The minimum atomic E-state index is -1.08. The second-order valence-corrected chi connectivity index (χ2v) is 22.3. The van der Waals surface area contributed by atoms with Gasteiger partial charge in [-0.2, -0.15) is 14.2 Å². The Labute approximate surface area is 676 Å². The SMILES string of the molecule is CC(=O)[O-].CC(=O)[O-].CO.CO.COC(=O)c1cc(-c2ccccc2[O-])[n-]n1.COC(=O)c1cc(-c2ccccc2[O-])[n-]n1.COC(=O)c1cc(-c2ccccc2[O-])[n-]n1.COC(=O)c1cc(-c2ccccc2[O-])n[n-]1.CS(C)=O.CS(C)=O.CS(C)=O.CS(C)=O.C[O-].C[O-].[Mn+2].[Mn+2].[Mn+3].[Mn+3].[Mn+3].[Mn+3].[O-2].[O-2]. The van der Waals surface area contributed by atoms with Crippen LogP contribution in [0.4, 0.5) is 0 Å². The number of rotatable bonds is 8. The second kappa shape index (κ2) is 81.9. The monoisotopic (exact) mass is 1780 g/mol. The molecule has 44 heteroatoms. The average Bonchev–Trinajstić information content (AvgIpc) is 1.70. The second-order valence-electron chi connectivity index (χ2n) is 16.4. The topological polar surface area (TPSA) is 598 Å². The predicted octanol–water partition coefficient (Wildman–Crippen LogP) is -3.33. The van der Waals surface area contributed by atoms with Crippen molar-refractivity contribution >= 4 is 79.0 Å². The van der Waals surface area contributed by atoms with Crippen LogP contribution in [0, 0.1) is 0 Å². The zero-order valence-corrected chi connectivity index (χ0v) is 69.1. The largest absolute Gasteiger partial charge is 3.00 e. The van der Waals surface area contributed by atoms with E-state index in [9.17, 15) is 56.4 Å². The molecule has 2 radical (unpaired) electrons. The molecule has 0 atom stereocenters. The van der Waals surface area contributed by atoms with Gasteiger partial charge < -0.3 is 131 Å². The average molecular weight is 1780 g/mol. The van der Waals surface area contributed by atoms with Gasteiger partial charge in [0.05, 0.1) is 28.4 Å². The number of nitrogens with zero attached hydrogens (tertiary/aromatic N) is 8. The summed E-state index contributed by atoms with van der Waals surface area (Å²) in [4.78, 5) is 62.3. The number of carboxylic acids is 2. The number of aromatic nitrogens is 8. The fourth-order valence-electron chi connectivity index (χ4n) is 5.24. The maximum Gasteiger partial charge on any atom is 3.00 e. The van der Waals surface area contributed by atoms with Gasteiger partial charge >= 0.3 is 126 Å². The first-order valence-corrected chi connectivity index (χ1v) is 33.6. The molecule has 104 heavy (non-hydrogen) atoms. The Bertz CT molecular complexity index is 3070. The molecule has 8 rings (SSSR count). The van der Waals surface area contributed by atoms with Gasteiger partial charge in [0.15, 0.2) is 0 Å². The molecule has 578 valence electrons. The summed E-state index contributed by atoms with van der Waals surface area (Å²) >= 11 is 0. The normalized spacial score (nSPS) is 8.25. The first-order chi connectivity index (χ1) is 45.3. The van der Waals surface area contributed by atoms with E-state index in [0.29, 0.717) is 45.0 Å². The van der Waals surface area contributed by atoms with Crippen molar-refractivity contribution in [3.8, 4) is 68.0 Å². The van der Waals surface area contributed by atoms with E-state index < -0.39 is 79.0 Å². The summed E-state index contributed by atoms with van der Waals surface area (Å²) < 4.78 is 56.2. The molecule has 4 aromatic carbocycles. The van der Waals surface area contributed by atoms with Crippen LogP contribution in [0.15, 0.2) is 121 Å². The molecule has 0 aliphatic heterocycles. The van der Waals surface area contributed by atoms with E-state index in [2.05, 4.69) is 59.7 Å². The molecule has 2 N–H and O–H groups in total. The van der Waals surface area contributed by atoms with Crippen LogP contribution in [0.3, 0.4) is 0 Å². The summed E-state index contributed by atoms with van der Waals surface area (Å²) in [5.74, 6) is -5.05. The van der Waals surface area contributed by atoms with Crippen LogP contribution in [0.1, 0.15) is 55.8 Å². The number of hydrogen-bond acceptors (Lipinski definition) is 28. The van der Waals surface area contributed by atoms with Gasteiger partial charge in [-0.1, -0.05) is 103 Å². The number of benzene rings is 4. The molecule has 0 spiro atoms. The van der Waals surface area contributed by atoms with Crippen LogP contribution < -0.4 is 61.2 Å². The van der Waals surface area contributed by atoms with E-state index >= 15 is 0 Å². The fraction of sp³-hybridized carbons (Fsp3) is 0.300.